The Labute approximate surface area is 107 Å². The lowest BCUT2D eigenvalue weighted by molar-refractivity contribution is -0.123. The average molecular weight is 245 g/mol. The molecule has 1 aromatic rings. The molecule has 1 spiro atoms. The van der Waals surface area contributed by atoms with Crippen LogP contribution in [0.2, 0.25) is 0 Å². The molecule has 2 N–H and O–H groups in total. The number of piperidine rings is 1. The maximum atomic E-state index is 12.1. The fraction of sp³-hybridized carbons (Fsp3) is 0.571. The Morgan fingerprint density at radius 2 is 2.33 bits per heavy atom. The first-order valence-corrected chi connectivity index (χ1v) is 6.68. The summed E-state index contributed by atoms with van der Waals surface area (Å²) in [4.78, 5) is 16.1. The van der Waals surface area contributed by atoms with E-state index >= 15 is 0 Å². The van der Waals surface area contributed by atoms with Gasteiger partial charge in [-0.3, -0.25) is 9.78 Å². The minimum absolute atomic E-state index is 0.223. The Morgan fingerprint density at radius 1 is 1.50 bits per heavy atom. The largest absolute Gasteiger partial charge is 0.352 e. The zero-order valence-corrected chi connectivity index (χ0v) is 10.5. The van der Waals surface area contributed by atoms with Crippen molar-refractivity contribution in [1.82, 2.24) is 15.6 Å². The van der Waals surface area contributed by atoms with Gasteiger partial charge in [-0.25, -0.2) is 0 Å². The molecular weight excluding hydrogens is 226 g/mol. The molecule has 96 valence electrons. The van der Waals surface area contributed by atoms with Crippen LogP contribution in [0.3, 0.4) is 0 Å². The van der Waals surface area contributed by atoms with Crippen LogP contribution in [0.5, 0.6) is 0 Å². The first-order chi connectivity index (χ1) is 8.80. The van der Waals surface area contributed by atoms with Crippen LogP contribution in [0.4, 0.5) is 0 Å². The molecule has 1 saturated heterocycles. The van der Waals surface area contributed by atoms with Crippen molar-refractivity contribution in [1.29, 1.82) is 0 Å². The lowest BCUT2D eigenvalue weighted by Crippen LogP contribution is -2.33. The summed E-state index contributed by atoms with van der Waals surface area (Å²) in [6.07, 6.45) is 6.92. The van der Waals surface area contributed by atoms with Crippen molar-refractivity contribution in [2.45, 2.75) is 25.8 Å². The van der Waals surface area contributed by atoms with Gasteiger partial charge in [0.15, 0.2) is 0 Å². The first-order valence-electron chi connectivity index (χ1n) is 6.68. The minimum Gasteiger partial charge on any atom is -0.352 e. The van der Waals surface area contributed by atoms with E-state index in [9.17, 15) is 4.79 Å². The fourth-order valence-corrected chi connectivity index (χ4v) is 3.01. The minimum atomic E-state index is 0.223. The number of nitrogens with zero attached hydrogens (tertiary/aromatic N) is 1. The Hall–Kier alpha value is -1.42. The first kappa shape index (κ1) is 11.7. The summed E-state index contributed by atoms with van der Waals surface area (Å²) in [5.41, 5.74) is 1.38. The van der Waals surface area contributed by atoms with Gasteiger partial charge in [0.25, 0.3) is 0 Å². The third kappa shape index (κ3) is 2.25. The van der Waals surface area contributed by atoms with E-state index in [1.54, 1.807) is 12.4 Å². The molecule has 2 fully saturated rings. The number of aromatic nitrogens is 1. The number of carbonyl (C=O) groups is 1. The molecule has 1 atom stereocenters. The molecule has 2 aliphatic rings. The van der Waals surface area contributed by atoms with Crippen molar-refractivity contribution in [3.05, 3.63) is 30.1 Å². The van der Waals surface area contributed by atoms with Gasteiger partial charge in [0.1, 0.15) is 0 Å². The predicted molar refractivity (Wildman–Crippen MR) is 68.7 cm³/mol. The van der Waals surface area contributed by atoms with Gasteiger partial charge in [-0.1, -0.05) is 6.07 Å². The molecule has 0 bridgehead atoms. The van der Waals surface area contributed by atoms with Gasteiger partial charge in [0.05, 0.1) is 0 Å². The van der Waals surface area contributed by atoms with Crippen molar-refractivity contribution < 1.29 is 4.79 Å². The number of pyridine rings is 1. The van der Waals surface area contributed by atoms with E-state index in [1.807, 2.05) is 12.1 Å². The monoisotopic (exact) mass is 245 g/mol. The summed E-state index contributed by atoms with van der Waals surface area (Å²) >= 11 is 0. The number of nitrogens with one attached hydrogen (secondary N) is 2. The number of hydrogen-bond acceptors (Lipinski definition) is 3. The second-order valence-electron chi connectivity index (χ2n) is 5.45. The third-order valence-electron chi connectivity index (χ3n) is 4.30. The Balaban J connectivity index is 1.51. The Kier molecular flexibility index (Phi) is 3.04. The topological polar surface area (TPSA) is 54.0 Å². The van der Waals surface area contributed by atoms with Crippen molar-refractivity contribution in [2.75, 3.05) is 13.1 Å². The predicted octanol–water partition coefficient (Wildman–Crippen LogP) is 1.09. The Bertz CT molecular complexity index is 426. The van der Waals surface area contributed by atoms with Crippen LogP contribution in [-0.2, 0) is 11.3 Å². The standard InChI is InChI=1S/C14H19N3O/c18-13(17-10-11-2-1-5-16-9-11)12-8-14(12)3-6-15-7-4-14/h1-2,5,9,12,15H,3-4,6-8,10H2,(H,17,18). The van der Waals surface area contributed by atoms with E-state index in [-0.39, 0.29) is 11.8 Å². The van der Waals surface area contributed by atoms with Crippen LogP contribution in [0.25, 0.3) is 0 Å². The summed E-state index contributed by atoms with van der Waals surface area (Å²) in [6.45, 7) is 2.72. The highest BCUT2D eigenvalue weighted by molar-refractivity contribution is 5.82. The smallest absolute Gasteiger partial charge is 0.223 e. The van der Waals surface area contributed by atoms with E-state index in [0.29, 0.717) is 12.0 Å². The number of hydrogen-bond donors (Lipinski definition) is 2. The van der Waals surface area contributed by atoms with Crippen molar-refractivity contribution in [3.8, 4) is 0 Å². The van der Waals surface area contributed by atoms with Crippen LogP contribution in [0, 0.1) is 11.3 Å². The molecule has 0 radical (unpaired) electrons. The van der Waals surface area contributed by atoms with E-state index < -0.39 is 0 Å². The summed E-state index contributed by atoms with van der Waals surface area (Å²) in [5.74, 6) is 0.469. The van der Waals surface area contributed by atoms with E-state index in [0.717, 1.165) is 37.9 Å². The average Bonchev–Trinajstić information content (AvgIpc) is 3.12. The van der Waals surface area contributed by atoms with Crippen molar-refractivity contribution in [2.24, 2.45) is 11.3 Å². The maximum absolute atomic E-state index is 12.1. The van der Waals surface area contributed by atoms with Gasteiger partial charge in [0, 0.05) is 24.9 Å². The molecule has 1 unspecified atom stereocenters. The van der Waals surface area contributed by atoms with E-state index in [4.69, 9.17) is 0 Å². The zero-order valence-electron chi connectivity index (χ0n) is 10.5. The third-order valence-corrected chi connectivity index (χ3v) is 4.30. The summed E-state index contributed by atoms with van der Waals surface area (Å²) in [6, 6.07) is 3.88. The van der Waals surface area contributed by atoms with Gasteiger partial charge in [-0.15, -0.1) is 0 Å². The van der Waals surface area contributed by atoms with Crippen molar-refractivity contribution >= 4 is 5.91 Å². The van der Waals surface area contributed by atoms with E-state index in [1.165, 1.54) is 0 Å². The second-order valence-corrected chi connectivity index (χ2v) is 5.45. The molecule has 18 heavy (non-hydrogen) atoms. The maximum Gasteiger partial charge on any atom is 0.223 e. The molecule has 2 heterocycles. The van der Waals surface area contributed by atoms with Gasteiger partial charge in [-0.05, 0) is 49.4 Å². The highest BCUT2D eigenvalue weighted by atomic mass is 16.2. The summed E-state index contributed by atoms with van der Waals surface area (Å²) < 4.78 is 0. The highest BCUT2D eigenvalue weighted by Gasteiger charge is 2.57. The van der Waals surface area contributed by atoms with Gasteiger partial charge < -0.3 is 10.6 Å². The molecule has 3 rings (SSSR count). The highest BCUT2D eigenvalue weighted by Crippen LogP contribution is 2.58. The fourth-order valence-electron chi connectivity index (χ4n) is 3.01. The van der Waals surface area contributed by atoms with Gasteiger partial charge in [0.2, 0.25) is 5.91 Å². The van der Waals surface area contributed by atoms with Crippen LogP contribution in [0.1, 0.15) is 24.8 Å². The second kappa shape index (κ2) is 4.69. The molecule has 1 aromatic heterocycles. The van der Waals surface area contributed by atoms with Crippen LogP contribution in [-0.4, -0.2) is 24.0 Å². The summed E-state index contributed by atoms with van der Waals surface area (Å²) in [5, 5.41) is 6.39. The molecular formula is C14H19N3O. The van der Waals surface area contributed by atoms with Gasteiger partial charge >= 0.3 is 0 Å². The van der Waals surface area contributed by atoms with Crippen molar-refractivity contribution in [3.63, 3.8) is 0 Å². The molecule has 4 nitrogen and oxygen atoms in total. The quantitative estimate of drug-likeness (QED) is 0.838. The van der Waals surface area contributed by atoms with Crippen LogP contribution < -0.4 is 10.6 Å². The molecule has 1 saturated carbocycles. The Morgan fingerprint density at radius 3 is 3.06 bits per heavy atom. The summed E-state index contributed by atoms with van der Waals surface area (Å²) in [7, 11) is 0. The number of amides is 1. The van der Waals surface area contributed by atoms with Crippen LogP contribution >= 0.6 is 0 Å². The van der Waals surface area contributed by atoms with E-state index in [2.05, 4.69) is 15.6 Å². The molecule has 1 amide bonds. The number of rotatable bonds is 3. The normalized spacial score (nSPS) is 24.8. The number of carbonyl (C=O) groups excluding carboxylic acids is 1. The van der Waals surface area contributed by atoms with Gasteiger partial charge in [-0.2, -0.15) is 0 Å². The van der Waals surface area contributed by atoms with Crippen LogP contribution in [0.15, 0.2) is 24.5 Å². The molecule has 1 aliphatic heterocycles. The molecule has 1 aliphatic carbocycles. The zero-order chi connectivity index (χ0) is 12.4. The molecule has 0 aromatic carbocycles. The lowest BCUT2D eigenvalue weighted by atomic mass is 9.92. The molecule has 4 heteroatoms. The SMILES string of the molecule is O=C(NCc1cccnc1)C1CC12CCNCC2. The lowest BCUT2D eigenvalue weighted by Gasteiger charge is -2.23.